The zero-order valence-corrected chi connectivity index (χ0v) is 11.6. The zero-order valence-electron chi connectivity index (χ0n) is 11.6. The number of amides is 1. The van der Waals surface area contributed by atoms with Gasteiger partial charge in [0.15, 0.2) is 0 Å². The molecule has 0 fully saturated rings. The average molecular weight is 281 g/mol. The molecule has 0 unspecified atom stereocenters. The maximum atomic E-state index is 11.5. The molecule has 0 aliphatic carbocycles. The van der Waals surface area contributed by atoms with Gasteiger partial charge in [-0.25, -0.2) is 0 Å². The third kappa shape index (κ3) is 5.13. The lowest BCUT2D eigenvalue weighted by molar-refractivity contribution is -0.384. The Kier molecular flexibility index (Phi) is 6.28. The van der Waals surface area contributed by atoms with Crippen LogP contribution in [0.15, 0.2) is 18.2 Å². The Morgan fingerprint density at radius 2 is 2.10 bits per heavy atom. The number of rotatable bonds is 8. The molecule has 0 saturated carbocycles. The molecule has 0 spiro atoms. The van der Waals surface area contributed by atoms with Crippen molar-refractivity contribution in [2.24, 2.45) is 0 Å². The number of carbonyl (C=O) groups is 1. The average Bonchev–Trinajstić information content (AvgIpc) is 2.43. The van der Waals surface area contributed by atoms with Gasteiger partial charge in [-0.3, -0.25) is 14.9 Å². The molecule has 0 aliphatic heterocycles. The van der Waals surface area contributed by atoms with Crippen molar-refractivity contribution in [1.29, 1.82) is 0 Å². The maximum Gasteiger partial charge on any atom is 0.275 e. The van der Waals surface area contributed by atoms with E-state index in [-0.39, 0.29) is 18.1 Å². The molecule has 0 aliphatic rings. The minimum absolute atomic E-state index is 0.0622. The van der Waals surface area contributed by atoms with E-state index in [4.69, 9.17) is 4.74 Å². The van der Waals surface area contributed by atoms with E-state index in [1.165, 1.54) is 12.1 Å². The van der Waals surface area contributed by atoms with Crippen molar-refractivity contribution in [3.8, 4) is 5.75 Å². The van der Waals surface area contributed by atoms with Crippen LogP contribution in [0, 0.1) is 10.1 Å². The molecule has 0 radical (unpaired) electrons. The van der Waals surface area contributed by atoms with Crippen molar-refractivity contribution in [2.75, 3.05) is 25.0 Å². The van der Waals surface area contributed by atoms with Crippen LogP contribution in [0.3, 0.4) is 0 Å². The van der Waals surface area contributed by atoms with Gasteiger partial charge in [0.05, 0.1) is 24.1 Å². The summed E-state index contributed by atoms with van der Waals surface area (Å²) >= 11 is 0. The van der Waals surface area contributed by atoms with Crippen LogP contribution >= 0.6 is 0 Å². The quantitative estimate of drug-likeness (QED) is 0.561. The molecule has 2 N–H and O–H groups in total. The summed E-state index contributed by atoms with van der Waals surface area (Å²) in [5.74, 6) is 0.245. The second-order valence-electron chi connectivity index (χ2n) is 4.11. The van der Waals surface area contributed by atoms with E-state index in [9.17, 15) is 14.9 Å². The van der Waals surface area contributed by atoms with Crippen molar-refractivity contribution >= 4 is 17.3 Å². The summed E-state index contributed by atoms with van der Waals surface area (Å²) in [5, 5.41) is 16.4. The second kappa shape index (κ2) is 7.98. The fourth-order valence-electron chi connectivity index (χ4n) is 1.55. The lowest BCUT2D eigenvalue weighted by atomic mass is 10.2. The Morgan fingerprint density at radius 1 is 1.35 bits per heavy atom. The molecule has 0 bridgehead atoms. The lowest BCUT2D eigenvalue weighted by Crippen LogP contribution is -2.30. The van der Waals surface area contributed by atoms with Gasteiger partial charge in [-0.2, -0.15) is 0 Å². The molecule has 0 saturated heterocycles. The molecule has 20 heavy (non-hydrogen) atoms. The first-order chi connectivity index (χ1) is 9.56. The summed E-state index contributed by atoms with van der Waals surface area (Å²) < 4.78 is 5.26. The van der Waals surface area contributed by atoms with Gasteiger partial charge in [0.1, 0.15) is 5.75 Å². The van der Waals surface area contributed by atoms with Crippen LogP contribution < -0.4 is 15.4 Å². The SMILES string of the molecule is CCCNC(=O)CNc1cc(OCC)cc([N+](=O)[O-])c1. The molecule has 1 amide bonds. The number of non-ortho nitro benzene ring substituents is 1. The van der Waals surface area contributed by atoms with Crippen molar-refractivity contribution in [1.82, 2.24) is 5.32 Å². The number of nitro benzene ring substituents is 1. The third-order valence-electron chi connectivity index (χ3n) is 2.44. The van der Waals surface area contributed by atoms with E-state index in [1.54, 1.807) is 13.0 Å². The van der Waals surface area contributed by atoms with Gasteiger partial charge >= 0.3 is 0 Å². The van der Waals surface area contributed by atoms with Gasteiger partial charge in [-0.05, 0) is 13.3 Å². The highest BCUT2D eigenvalue weighted by molar-refractivity contribution is 5.80. The van der Waals surface area contributed by atoms with Crippen LogP contribution in [0.4, 0.5) is 11.4 Å². The molecule has 1 rings (SSSR count). The predicted molar refractivity (Wildman–Crippen MR) is 76.1 cm³/mol. The lowest BCUT2D eigenvalue weighted by Gasteiger charge is -2.09. The van der Waals surface area contributed by atoms with Gasteiger partial charge in [0.25, 0.3) is 5.69 Å². The van der Waals surface area contributed by atoms with Crippen molar-refractivity contribution < 1.29 is 14.5 Å². The molecular formula is C13H19N3O4. The molecule has 7 heteroatoms. The molecule has 0 heterocycles. The van der Waals surface area contributed by atoms with Crippen molar-refractivity contribution in [2.45, 2.75) is 20.3 Å². The van der Waals surface area contributed by atoms with E-state index in [0.29, 0.717) is 24.6 Å². The molecule has 110 valence electrons. The first kappa shape index (κ1) is 15.7. The third-order valence-corrected chi connectivity index (χ3v) is 2.44. The number of nitro groups is 1. The number of hydrogen-bond acceptors (Lipinski definition) is 5. The normalized spacial score (nSPS) is 9.90. The molecule has 1 aromatic rings. The Morgan fingerprint density at radius 3 is 2.70 bits per heavy atom. The minimum atomic E-state index is -0.495. The topological polar surface area (TPSA) is 93.5 Å². The van der Waals surface area contributed by atoms with Gasteiger partial charge in [0, 0.05) is 24.4 Å². The smallest absolute Gasteiger partial charge is 0.275 e. The highest BCUT2D eigenvalue weighted by Gasteiger charge is 2.11. The van der Waals surface area contributed by atoms with Crippen molar-refractivity contribution in [3.05, 3.63) is 28.3 Å². The first-order valence-electron chi connectivity index (χ1n) is 6.49. The largest absolute Gasteiger partial charge is 0.494 e. The van der Waals surface area contributed by atoms with Crippen LogP contribution in [-0.4, -0.2) is 30.5 Å². The Hall–Kier alpha value is -2.31. The molecule has 1 aromatic carbocycles. The van der Waals surface area contributed by atoms with Crippen LogP contribution in [0.1, 0.15) is 20.3 Å². The summed E-state index contributed by atoms with van der Waals surface area (Å²) in [7, 11) is 0. The van der Waals surface area contributed by atoms with Gasteiger partial charge in [-0.15, -0.1) is 0 Å². The molecule has 0 aromatic heterocycles. The number of carbonyl (C=O) groups excluding carboxylic acids is 1. The number of nitrogens with one attached hydrogen (secondary N) is 2. The van der Waals surface area contributed by atoms with Gasteiger partial charge in [-0.1, -0.05) is 6.92 Å². The van der Waals surface area contributed by atoms with Crippen LogP contribution in [0.2, 0.25) is 0 Å². The highest BCUT2D eigenvalue weighted by atomic mass is 16.6. The standard InChI is InChI=1S/C13H19N3O4/c1-3-5-14-13(17)9-15-10-6-11(16(18)19)8-12(7-10)20-4-2/h6-8,15H,3-5,9H2,1-2H3,(H,14,17). The second-order valence-corrected chi connectivity index (χ2v) is 4.11. The Labute approximate surface area is 117 Å². The highest BCUT2D eigenvalue weighted by Crippen LogP contribution is 2.25. The summed E-state index contributed by atoms with van der Waals surface area (Å²) in [6, 6.07) is 4.35. The van der Waals surface area contributed by atoms with E-state index in [0.717, 1.165) is 6.42 Å². The van der Waals surface area contributed by atoms with Crippen LogP contribution in [0.25, 0.3) is 0 Å². The van der Waals surface area contributed by atoms with Crippen LogP contribution in [-0.2, 0) is 4.79 Å². The van der Waals surface area contributed by atoms with E-state index >= 15 is 0 Å². The fraction of sp³-hybridized carbons (Fsp3) is 0.462. The molecule has 7 nitrogen and oxygen atoms in total. The number of hydrogen-bond donors (Lipinski definition) is 2. The Balaban J connectivity index is 2.73. The monoisotopic (exact) mass is 281 g/mol. The number of benzene rings is 1. The minimum Gasteiger partial charge on any atom is -0.494 e. The first-order valence-corrected chi connectivity index (χ1v) is 6.49. The zero-order chi connectivity index (χ0) is 15.0. The van der Waals surface area contributed by atoms with E-state index in [1.807, 2.05) is 6.92 Å². The summed E-state index contributed by atoms with van der Waals surface area (Å²) in [5.41, 5.74) is 0.404. The Bertz CT molecular complexity index is 477. The maximum absolute atomic E-state index is 11.5. The van der Waals surface area contributed by atoms with Crippen LogP contribution in [0.5, 0.6) is 5.75 Å². The summed E-state index contributed by atoms with van der Waals surface area (Å²) in [6.07, 6.45) is 0.858. The number of anilines is 1. The summed E-state index contributed by atoms with van der Waals surface area (Å²) in [6.45, 7) is 4.84. The van der Waals surface area contributed by atoms with Gasteiger partial charge in [0.2, 0.25) is 5.91 Å². The number of ether oxygens (including phenoxy) is 1. The van der Waals surface area contributed by atoms with E-state index in [2.05, 4.69) is 10.6 Å². The molecular weight excluding hydrogens is 262 g/mol. The van der Waals surface area contributed by atoms with E-state index < -0.39 is 4.92 Å². The van der Waals surface area contributed by atoms with Crippen molar-refractivity contribution in [3.63, 3.8) is 0 Å². The number of nitrogens with zero attached hydrogens (tertiary/aromatic N) is 1. The molecule has 0 atom stereocenters. The predicted octanol–water partition coefficient (Wildman–Crippen LogP) is 1.93. The summed E-state index contributed by atoms with van der Waals surface area (Å²) in [4.78, 5) is 21.8. The fourth-order valence-corrected chi connectivity index (χ4v) is 1.55. The van der Waals surface area contributed by atoms with Gasteiger partial charge < -0.3 is 15.4 Å².